The van der Waals surface area contributed by atoms with Crippen LogP contribution >= 0.6 is 0 Å². The van der Waals surface area contributed by atoms with Crippen molar-refractivity contribution in [2.45, 2.75) is 39.3 Å². The van der Waals surface area contributed by atoms with E-state index < -0.39 is 5.95 Å². The molecule has 0 atom stereocenters. The summed E-state index contributed by atoms with van der Waals surface area (Å²) < 4.78 is 25.3. The Morgan fingerprint density at radius 2 is 1.84 bits per heavy atom. The number of anilines is 3. The van der Waals surface area contributed by atoms with Crippen LogP contribution in [0.4, 0.5) is 21.6 Å². The maximum Gasteiger partial charge on any atom is 0.280 e. The van der Waals surface area contributed by atoms with Crippen LogP contribution in [-0.2, 0) is 24.2 Å². The Morgan fingerprint density at radius 1 is 1.00 bits per heavy atom. The largest absolute Gasteiger partial charge is 0.392 e. The quantitative estimate of drug-likeness (QED) is 0.257. The zero-order chi connectivity index (χ0) is 34.1. The fourth-order valence-corrected chi connectivity index (χ4v) is 7.80. The third-order valence-corrected chi connectivity index (χ3v) is 10.5. The number of aromatic nitrogens is 6. The minimum atomic E-state index is -0.535. The average molecular weight is 676 g/mol. The number of aliphatic hydroxyl groups excluding tert-OH is 1. The van der Waals surface area contributed by atoms with Gasteiger partial charge in [-0.2, -0.15) is 4.39 Å². The lowest BCUT2D eigenvalue weighted by Gasteiger charge is -2.43. The van der Waals surface area contributed by atoms with Crippen molar-refractivity contribution < 1.29 is 14.2 Å². The molecule has 6 aromatic heterocycles. The summed E-state index contributed by atoms with van der Waals surface area (Å²) in [6, 6.07) is 10.1. The second-order valence-corrected chi connectivity index (χ2v) is 14.3. The van der Waals surface area contributed by atoms with E-state index in [9.17, 15) is 9.90 Å². The number of nitrogens with zero attached hydrogens (tertiary/aromatic N) is 8. The molecule has 3 aliphatic rings. The van der Waals surface area contributed by atoms with E-state index in [0.717, 1.165) is 63.6 Å². The Bertz CT molecular complexity index is 2320. The summed E-state index contributed by atoms with van der Waals surface area (Å²) in [5.74, 6) is 0.368. The third-order valence-electron chi connectivity index (χ3n) is 10.5. The average Bonchev–Trinajstić information content (AvgIpc) is 3.74. The van der Waals surface area contributed by atoms with Crippen LogP contribution in [0.1, 0.15) is 30.7 Å². The summed E-state index contributed by atoms with van der Waals surface area (Å²) in [4.78, 5) is 32.2. The molecule has 12 nitrogen and oxygen atoms in total. The van der Waals surface area contributed by atoms with Crippen molar-refractivity contribution >= 4 is 28.4 Å². The Hall–Kier alpha value is -5.11. The van der Waals surface area contributed by atoms with Crippen LogP contribution in [0, 0.1) is 11.4 Å². The Kier molecular flexibility index (Phi) is 7.27. The number of hydrogen-bond acceptors (Lipinski definition) is 9. The molecule has 13 heteroatoms. The fourth-order valence-electron chi connectivity index (χ4n) is 7.80. The number of pyridine rings is 3. The molecule has 50 heavy (non-hydrogen) atoms. The maximum atomic E-state index is 15.1. The van der Waals surface area contributed by atoms with Crippen LogP contribution in [0.25, 0.3) is 28.1 Å². The van der Waals surface area contributed by atoms with Gasteiger partial charge in [-0.3, -0.25) is 18.7 Å². The molecule has 1 aliphatic carbocycles. The first-order valence-corrected chi connectivity index (χ1v) is 17.1. The molecule has 2 saturated heterocycles. The molecule has 0 bridgehead atoms. The van der Waals surface area contributed by atoms with Gasteiger partial charge in [0.15, 0.2) is 5.65 Å². The van der Waals surface area contributed by atoms with Gasteiger partial charge in [-0.25, -0.2) is 15.0 Å². The highest BCUT2D eigenvalue weighted by molar-refractivity contribution is 5.81. The van der Waals surface area contributed by atoms with Gasteiger partial charge in [0.1, 0.15) is 17.2 Å². The Labute approximate surface area is 287 Å². The molecule has 0 saturated carbocycles. The maximum absolute atomic E-state index is 15.1. The standard InChI is InChI=1S/C37H38FN9O3/c1-37(2)15-23-14-30-36(49)46(12-11-45(30)31(23)16-37)34-28(20-48)27(5-6-39-34)24-13-29(35-41-18-32(38)47(35)19-24)42-33-4-3-25(17-40-33)43-7-9-44(10-8-43)26-21-50-22-26/h3-6,11-14,17-19,26,48H,7-10,15-16,20-22H2,1-2H3,(H,40,42). The first-order valence-electron chi connectivity index (χ1n) is 17.1. The number of rotatable bonds is 7. The number of imidazole rings is 1. The number of aliphatic hydroxyl groups is 1. The van der Waals surface area contributed by atoms with E-state index >= 15 is 4.39 Å². The molecule has 2 aliphatic heterocycles. The first kappa shape index (κ1) is 30.9. The van der Waals surface area contributed by atoms with Gasteiger partial charge < -0.3 is 24.5 Å². The van der Waals surface area contributed by atoms with Crippen molar-refractivity contribution in [3.05, 3.63) is 101 Å². The molecular weight excluding hydrogens is 637 g/mol. The second-order valence-electron chi connectivity index (χ2n) is 14.3. The Morgan fingerprint density at radius 3 is 2.58 bits per heavy atom. The molecule has 0 spiro atoms. The van der Waals surface area contributed by atoms with Crippen LogP contribution in [0.5, 0.6) is 0 Å². The summed E-state index contributed by atoms with van der Waals surface area (Å²) >= 11 is 0. The van der Waals surface area contributed by atoms with Crippen LogP contribution in [0.3, 0.4) is 0 Å². The highest BCUT2D eigenvalue weighted by Gasteiger charge is 2.32. The molecule has 0 unspecified atom stereocenters. The molecule has 256 valence electrons. The van der Waals surface area contributed by atoms with Crippen molar-refractivity contribution in [3.8, 4) is 16.9 Å². The number of fused-ring (bicyclic) bond motifs is 4. The number of halogens is 1. The van der Waals surface area contributed by atoms with Gasteiger partial charge in [0.2, 0.25) is 5.95 Å². The number of hydrogen-bond donors (Lipinski definition) is 2. The zero-order valence-corrected chi connectivity index (χ0v) is 28.0. The Balaban J connectivity index is 1.04. The van der Waals surface area contributed by atoms with E-state index in [1.165, 1.54) is 20.7 Å². The molecule has 0 radical (unpaired) electrons. The van der Waals surface area contributed by atoms with Crippen molar-refractivity contribution in [3.63, 3.8) is 0 Å². The topological polar surface area (TPSA) is 117 Å². The molecule has 9 rings (SSSR count). The zero-order valence-electron chi connectivity index (χ0n) is 28.0. The number of ether oxygens (including phenoxy) is 1. The predicted molar refractivity (Wildman–Crippen MR) is 188 cm³/mol. The third kappa shape index (κ3) is 5.15. The predicted octanol–water partition coefficient (Wildman–Crippen LogP) is 4.22. The van der Waals surface area contributed by atoms with Crippen molar-refractivity contribution in [1.82, 2.24) is 33.2 Å². The van der Waals surface area contributed by atoms with E-state index in [2.05, 4.69) is 43.9 Å². The van der Waals surface area contributed by atoms with E-state index in [1.54, 1.807) is 24.7 Å². The lowest BCUT2D eigenvalue weighted by Crippen LogP contribution is -2.56. The van der Waals surface area contributed by atoms with Gasteiger partial charge in [-0.1, -0.05) is 13.8 Å². The van der Waals surface area contributed by atoms with Crippen LogP contribution in [-0.4, -0.2) is 83.8 Å². The fraction of sp³-hybridized carbons (Fsp3) is 0.351. The molecule has 8 heterocycles. The van der Waals surface area contributed by atoms with Gasteiger partial charge in [-0.05, 0) is 59.7 Å². The van der Waals surface area contributed by atoms with Gasteiger partial charge >= 0.3 is 0 Å². The summed E-state index contributed by atoms with van der Waals surface area (Å²) in [6.45, 7) is 9.57. The molecule has 2 N–H and O–H groups in total. The summed E-state index contributed by atoms with van der Waals surface area (Å²) in [6.07, 6.45) is 11.7. The van der Waals surface area contributed by atoms with E-state index in [0.29, 0.717) is 51.2 Å². The lowest BCUT2D eigenvalue weighted by atomic mass is 9.90. The first-order chi connectivity index (χ1) is 24.3. The SMILES string of the molecule is CC1(C)Cc2cc3c(=O)n(-c4nccc(-c5cc(Nc6ccc(N7CCN(C8COC8)CC7)cn6)c6ncc(F)n6c5)c4CO)ccn3c2C1. The van der Waals surface area contributed by atoms with E-state index in [1.807, 2.05) is 41.1 Å². The number of piperazine rings is 1. The van der Waals surface area contributed by atoms with Crippen LogP contribution in [0.15, 0.2) is 72.3 Å². The molecule has 0 amide bonds. The molecule has 0 aromatic carbocycles. The lowest BCUT2D eigenvalue weighted by molar-refractivity contribution is -0.0660. The molecule has 2 fully saturated rings. The van der Waals surface area contributed by atoms with E-state index in [-0.39, 0.29) is 17.6 Å². The summed E-state index contributed by atoms with van der Waals surface area (Å²) in [7, 11) is 0. The summed E-state index contributed by atoms with van der Waals surface area (Å²) in [5.41, 5.74) is 6.49. The summed E-state index contributed by atoms with van der Waals surface area (Å²) in [5, 5.41) is 14.0. The highest BCUT2D eigenvalue weighted by Crippen LogP contribution is 2.38. The normalized spacial score (nSPS) is 17.8. The van der Waals surface area contributed by atoms with Crippen LogP contribution < -0.4 is 15.8 Å². The van der Waals surface area contributed by atoms with E-state index in [4.69, 9.17) is 4.74 Å². The van der Waals surface area contributed by atoms with Crippen molar-refractivity contribution in [1.29, 1.82) is 0 Å². The monoisotopic (exact) mass is 675 g/mol. The minimum Gasteiger partial charge on any atom is -0.392 e. The van der Waals surface area contributed by atoms with Crippen LogP contribution in [0.2, 0.25) is 0 Å². The highest BCUT2D eigenvalue weighted by atomic mass is 19.1. The molecule has 6 aromatic rings. The van der Waals surface area contributed by atoms with Gasteiger partial charge in [-0.15, -0.1) is 0 Å². The van der Waals surface area contributed by atoms with Crippen molar-refractivity contribution in [2.75, 3.05) is 49.6 Å². The number of nitrogens with one attached hydrogen (secondary N) is 1. The van der Waals surface area contributed by atoms with Gasteiger partial charge in [0.25, 0.3) is 5.56 Å². The van der Waals surface area contributed by atoms with Gasteiger partial charge in [0, 0.05) is 67.8 Å². The second kappa shape index (κ2) is 11.8. The molecular formula is C37H38FN9O3. The van der Waals surface area contributed by atoms with Gasteiger partial charge in [0.05, 0.1) is 49.6 Å². The van der Waals surface area contributed by atoms with Crippen molar-refractivity contribution in [2.24, 2.45) is 5.41 Å². The minimum absolute atomic E-state index is 0.158. The smallest absolute Gasteiger partial charge is 0.280 e.